The molecule has 8 nitrogen and oxygen atoms in total. The van der Waals surface area contributed by atoms with E-state index in [0.717, 1.165) is 43.4 Å². The van der Waals surface area contributed by atoms with Gasteiger partial charge in [-0.05, 0) is 56.2 Å². The van der Waals surface area contributed by atoms with Gasteiger partial charge >= 0.3 is 0 Å². The number of benzene rings is 1. The van der Waals surface area contributed by atoms with E-state index in [0.29, 0.717) is 43.2 Å². The van der Waals surface area contributed by atoms with Crippen LogP contribution in [0.3, 0.4) is 0 Å². The van der Waals surface area contributed by atoms with Gasteiger partial charge in [0, 0.05) is 37.8 Å². The Morgan fingerprint density at radius 2 is 1.89 bits per heavy atom. The van der Waals surface area contributed by atoms with E-state index in [2.05, 4.69) is 36.6 Å². The maximum absolute atomic E-state index is 14.6. The number of fused-ring (bicyclic) bond motifs is 3. The molecule has 11 heteroatoms. The largest absolute Gasteiger partial charge is 0.369 e. The zero-order chi connectivity index (χ0) is 24.1. The lowest BCUT2D eigenvalue weighted by Crippen LogP contribution is -2.48. The van der Waals surface area contributed by atoms with Crippen molar-refractivity contribution in [2.24, 2.45) is 11.8 Å². The predicted molar refractivity (Wildman–Crippen MR) is 121 cm³/mol. The van der Waals surface area contributed by atoms with Gasteiger partial charge in [0.2, 0.25) is 5.95 Å². The monoisotopic (exact) mass is 485 g/mol. The second-order valence-electron chi connectivity index (χ2n) is 9.61. The number of ether oxygens (including phenoxy) is 1. The topological polar surface area (TPSA) is 81.0 Å². The van der Waals surface area contributed by atoms with Gasteiger partial charge < -0.3 is 15.0 Å². The molecule has 1 N–H and O–H groups in total. The number of halogens is 3. The second-order valence-corrected chi connectivity index (χ2v) is 9.61. The summed E-state index contributed by atoms with van der Waals surface area (Å²) in [5.74, 6) is -2.33. The van der Waals surface area contributed by atoms with Gasteiger partial charge in [-0.3, -0.25) is 0 Å². The third kappa shape index (κ3) is 4.01. The van der Waals surface area contributed by atoms with E-state index in [9.17, 15) is 13.2 Å². The van der Waals surface area contributed by atoms with Gasteiger partial charge in [-0.15, -0.1) is 5.10 Å². The Bertz CT molecular complexity index is 1240. The fourth-order valence-electron chi connectivity index (χ4n) is 5.69. The molecular weight excluding hydrogens is 459 g/mol. The van der Waals surface area contributed by atoms with Crippen LogP contribution >= 0.6 is 0 Å². The normalized spacial score (nSPS) is 25.9. The zero-order valence-corrected chi connectivity index (χ0v) is 19.3. The minimum Gasteiger partial charge on any atom is -0.369 e. The van der Waals surface area contributed by atoms with Gasteiger partial charge in [0.15, 0.2) is 23.3 Å². The molecule has 0 unspecified atom stereocenters. The predicted octanol–water partition coefficient (Wildman–Crippen LogP) is 3.63. The summed E-state index contributed by atoms with van der Waals surface area (Å²) < 4.78 is 49.5. The number of nitrogens with zero attached hydrogens (tertiary/aromatic N) is 6. The number of rotatable bonds is 4. The maximum atomic E-state index is 14.6. The number of hydrogen-bond donors (Lipinski definition) is 1. The summed E-state index contributed by atoms with van der Waals surface area (Å²) in [7, 11) is 0. The van der Waals surface area contributed by atoms with Crippen LogP contribution in [-0.2, 0) is 11.3 Å². The first-order chi connectivity index (χ1) is 17.0. The smallest absolute Gasteiger partial charge is 0.242 e. The minimum absolute atomic E-state index is 0.0827. The van der Waals surface area contributed by atoms with E-state index in [4.69, 9.17) is 4.74 Å². The van der Waals surface area contributed by atoms with Crippen molar-refractivity contribution in [1.82, 2.24) is 25.0 Å². The number of aromatic nitrogens is 5. The third-order valence-electron chi connectivity index (χ3n) is 7.34. The van der Waals surface area contributed by atoms with Crippen molar-refractivity contribution in [3.63, 3.8) is 0 Å². The highest BCUT2D eigenvalue weighted by Gasteiger charge is 2.43. The van der Waals surface area contributed by atoms with Crippen molar-refractivity contribution in [2.75, 3.05) is 29.9 Å². The van der Waals surface area contributed by atoms with Crippen LogP contribution in [-0.4, -0.2) is 50.7 Å². The molecule has 1 aromatic carbocycles. The van der Waals surface area contributed by atoms with Gasteiger partial charge in [-0.1, -0.05) is 0 Å². The lowest BCUT2D eigenvalue weighted by Gasteiger charge is -2.39. The molecule has 1 saturated carbocycles. The zero-order valence-electron chi connectivity index (χ0n) is 19.3. The Hall–Kier alpha value is -3.21. The van der Waals surface area contributed by atoms with Gasteiger partial charge in [0.25, 0.3) is 0 Å². The molecule has 2 aliphatic heterocycles. The fraction of sp³-hybridized carbons (Fsp3) is 0.500. The number of hydrogen-bond acceptors (Lipinski definition) is 7. The van der Waals surface area contributed by atoms with Crippen molar-refractivity contribution in [3.8, 4) is 0 Å². The quantitative estimate of drug-likeness (QED) is 0.566. The molecule has 3 aliphatic rings. The first-order valence-corrected chi connectivity index (χ1v) is 12.0. The molecule has 1 saturated heterocycles. The molecule has 1 aliphatic carbocycles. The highest BCUT2D eigenvalue weighted by Crippen LogP contribution is 2.40. The molecule has 4 atom stereocenters. The van der Waals surface area contributed by atoms with Gasteiger partial charge in [-0.2, -0.15) is 15.2 Å². The first kappa shape index (κ1) is 22.3. The number of nitrogens with one attached hydrogen (secondary N) is 1. The molecule has 0 spiro atoms. The average Bonchev–Trinajstić information content (AvgIpc) is 3.25. The van der Waals surface area contributed by atoms with Crippen LogP contribution in [0.2, 0.25) is 0 Å². The fourth-order valence-corrected chi connectivity index (χ4v) is 5.69. The summed E-state index contributed by atoms with van der Waals surface area (Å²) in [6.45, 7) is 4.63. The number of anilines is 2. The van der Waals surface area contributed by atoms with Crippen LogP contribution in [0, 0.1) is 36.2 Å². The Morgan fingerprint density at radius 3 is 2.66 bits per heavy atom. The van der Waals surface area contributed by atoms with E-state index in [1.807, 2.05) is 13.1 Å². The molecule has 4 heterocycles. The van der Waals surface area contributed by atoms with Crippen LogP contribution in [0.5, 0.6) is 0 Å². The van der Waals surface area contributed by atoms with Crippen LogP contribution < -0.4 is 10.2 Å². The SMILES string of the molecule is Cc1cc(N2C[C@H]3CC[C@@H](C2)[C@@H]3Nc2nc3n(n2)CCCO[C@@H]3c2ccc(F)c(F)c2F)cnn1. The van der Waals surface area contributed by atoms with Gasteiger partial charge in [0.1, 0.15) is 6.10 Å². The molecule has 2 aromatic heterocycles. The summed E-state index contributed by atoms with van der Waals surface area (Å²) in [6.07, 6.45) is 3.72. The Labute approximate surface area is 200 Å². The van der Waals surface area contributed by atoms with Crippen molar-refractivity contribution >= 4 is 11.6 Å². The lowest BCUT2D eigenvalue weighted by atomic mass is 9.92. The molecule has 184 valence electrons. The minimum atomic E-state index is -1.51. The summed E-state index contributed by atoms with van der Waals surface area (Å²) in [6, 6.07) is 4.40. The molecule has 0 amide bonds. The second kappa shape index (κ2) is 8.78. The molecule has 2 bridgehead atoms. The average molecular weight is 486 g/mol. The standard InChI is InChI=1S/C24H26F3N7O/c1-13-9-16(10-28-31-13)33-11-14-3-4-15(12-33)21(14)29-24-30-23-22(35-8-2-7-34(23)32-24)17-5-6-18(25)20(27)19(17)26/h5-6,9-10,14-15,21-22H,2-4,7-8,11-12H2,1H3,(H,29,32)/t14-,15+,21-,22-/m1/s1. The van der Waals surface area contributed by atoms with Crippen LogP contribution in [0.4, 0.5) is 24.8 Å². The van der Waals surface area contributed by atoms with Crippen LogP contribution in [0.15, 0.2) is 24.4 Å². The van der Waals surface area contributed by atoms with E-state index < -0.39 is 23.6 Å². The highest BCUT2D eigenvalue weighted by atomic mass is 19.2. The maximum Gasteiger partial charge on any atom is 0.242 e. The Kier molecular flexibility index (Phi) is 5.58. The van der Waals surface area contributed by atoms with E-state index in [-0.39, 0.29) is 11.6 Å². The summed E-state index contributed by atoms with van der Waals surface area (Å²) in [5, 5.41) is 16.3. The summed E-state index contributed by atoms with van der Waals surface area (Å²) in [5.41, 5.74) is 1.90. The Morgan fingerprint density at radius 1 is 1.09 bits per heavy atom. The van der Waals surface area contributed by atoms with Gasteiger partial charge in [-0.25, -0.2) is 17.9 Å². The van der Waals surface area contributed by atoms with Crippen molar-refractivity contribution in [3.05, 3.63) is 58.9 Å². The van der Waals surface area contributed by atoms with Gasteiger partial charge in [0.05, 0.1) is 17.6 Å². The lowest BCUT2D eigenvalue weighted by molar-refractivity contribution is 0.0780. The molecule has 35 heavy (non-hydrogen) atoms. The molecule has 0 radical (unpaired) electrons. The van der Waals surface area contributed by atoms with Crippen LogP contribution in [0.25, 0.3) is 0 Å². The molecular formula is C24H26F3N7O. The summed E-state index contributed by atoms with van der Waals surface area (Å²) in [4.78, 5) is 7.01. The number of aryl methyl sites for hydroxylation is 2. The highest BCUT2D eigenvalue weighted by molar-refractivity contribution is 5.46. The van der Waals surface area contributed by atoms with Crippen molar-refractivity contribution in [2.45, 2.75) is 44.9 Å². The van der Waals surface area contributed by atoms with Crippen molar-refractivity contribution in [1.29, 1.82) is 0 Å². The van der Waals surface area contributed by atoms with Crippen molar-refractivity contribution < 1.29 is 17.9 Å². The first-order valence-electron chi connectivity index (χ1n) is 12.0. The molecule has 2 fully saturated rings. The van der Waals surface area contributed by atoms with Crippen LogP contribution in [0.1, 0.15) is 42.4 Å². The number of piperidine rings is 1. The molecule has 3 aromatic rings. The van der Waals surface area contributed by atoms with E-state index in [1.165, 1.54) is 6.07 Å². The third-order valence-corrected chi connectivity index (χ3v) is 7.34. The van der Waals surface area contributed by atoms with E-state index in [1.54, 1.807) is 4.68 Å². The van der Waals surface area contributed by atoms with E-state index >= 15 is 0 Å². The molecule has 6 rings (SSSR count). The summed E-state index contributed by atoms with van der Waals surface area (Å²) >= 11 is 0. The Balaban J connectivity index is 1.24.